The quantitative estimate of drug-likeness (QED) is 0.383. The van der Waals surface area contributed by atoms with E-state index in [9.17, 15) is 9.59 Å². The first kappa shape index (κ1) is 20.6. The number of hydrogen-bond donors (Lipinski definition) is 1. The molecule has 0 spiro atoms. The number of carbonyl (C=O) groups is 2. The number of aromatic nitrogens is 1. The summed E-state index contributed by atoms with van der Waals surface area (Å²) in [7, 11) is 0. The molecule has 0 radical (unpaired) electrons. The SMILES string of the molecule is CC(C)Cc1ccc(C=CC(=O)c2cn(CCCC(=O)O)c3ccccc23)cc1. The minimum Gasteiger partial charge on any atom is -0.481 e. The van der Waals surface area contributed by atoms with Crippen molar-refractivity contribution in [2.24, 2.45) is 5.92 Å². The largest absolute Gasteiger partial charge is 0.481 e. The Morgan fingerprint density at radius 3 is 2.48 bits per heavy atom. The van der Waals surface area contributed by atoms with Gasteiger partial charge in [-0.05, 0) is 42.0 Å². The van der Waals surface area contributed by atoms with Crippen LogP contribution in [-0.4, -0.2) is 21.4 Å². The average Bonchev–Trinajstić information content (AvgIpc) is 3.05. The fourth-order valence-electron chi connectivity index (χ4n) is 3.53. The summed E-state index contributed by atoms with van der Waals surface area (Å²) in [5.74, 6) is -0.240. The van der Waals surface area contributed by atoms with Gasteiger partial charge >= 0.3 is 5.97 Å². The standard InChI is InChI=1S/C25H27NO3/c1-18(2)16-20-11-9-19(10-12-20)13-14-24(27)22-17-26(15-5-8-25(28)29)23-7-4-3-6-21(22)23/h3-4,6-7,9-14,17-18H,5,8,15-16H2,1-2H3,(H,28,29). The van der Waals surface area contributed by atoms with E-state index in [-0.39, 0.29) is 12.2 Å². The topological polar surface area (TPSA) is 59.3 Å². The molecule has 4 heteroatoms. The van der Waals surface area contributed by atoms with Gasteiger partial charge in [-0.2, -0.15) is 0 Å². The molecule has 0 aliphatic heterocycles. The fourth-order valence-corrected chi connectivity index (χ4v) is 3.53. The zero-order valence-corrected chi connectivity index (χ0v) is 17.0. The molecule has 0 atom stereocenters. The molecule has 3 rings (SSSR count). The van der Waals surface area contributed by atoms with Gasteiger partial charge in [0.25, 0.3) is 0 Å². The summed E-state index contributed by atoms with van der Waals surface area (Å²) in [6.45, 7) is 4.97. The Bertz CT molecular complexity index is 1030. The summed E-state index contributed by atoms with van der Waals surface area (Å²) in [5, 5.41) is 9.76. The predicted octanol–water partition coefficient (Wildman–Crippen LogP) is 5.60. The number of nitrogens with zero attached hydrogens (tertiary/aromatic N) is 1. The highest BCUT2D eigenvalue weighted by molar-refractivity contribution is 6.14. The van der Waals surface area contributed by atoms with Gasteiger partial charge in [-0.15, -0.1) is 0 Å². The minimum atomic E-state index is -0.805. The molecule has 4 nitrogen and oxygen atoms in total. The Morgan fingerprint density at radius 2 is 1.79 bits per heavy atom. The van der Waals surface area contributed by atoms with Crippen molar-refractivity contribution in [3.8, 4) is 0 Å². The van der Waals surface area contributed by atoms with Crippen LogP contribution in [0.5, 0.6) is 0 Å². The number of ketones is 1. The summed E-state index contributed by atoms with van der Waals surface area (Å²) in [4.78, 5) is 23.6. The second-order valence-electron chi connectivity index (χ2n) is 7.79. The highest BCUT2D eigenvalue weighted by Crippen LogP contribution is 2.23. The van der Waals surface area contributed by atoms with Gasteiger partial charge in [-0.25, -0.2) is 0 Å². The van der Waals surface area contributed by atoms with Crippen LogP contribution in [-0.2, 0) is 17.8 Å². The number of carboxylic acids is 1. The lowest BCUT2D eigenvalue weighted by molar-refractivity contribution is -0.137. The van der Waals surface area contributed by atoms with Crippen LogP contribution in [0, 0.1) is 5.92 Å². The summed E-state index contributed by atoms with van der Waals surface area (Å²) >= 11 is 0. The molecular weight excluding hydrogens is 362 g/mol. The molecule has 1 heterocycles. The number of fused-ring (bicyclic) bond motifs is 1. The van der Waals surface area contributed by atoms with Crippen LogP contribution in [0.15, 0.2) is 60.8 Å². The van der Waals surface area contributed by atoms with Crippen LogP contribution in [0.2, 0.25) is 0 Å². The summed E-state index contributed by atoms with van der Waals surface area (Å²) < 4.78 is 1.97. The summed E-state index contributed by atoms with van der Waals surface area (Å²) in [6, 6.07) is 16.0. The summed E-state index contributed by atoms with van der Waals surface area (Å²) in [6.07, 6.45) is 6.98. The van der Waals surface area contributed by atoms with E-state index in [0.717, 1.165) is 22.9 Å². The van der Waals surface area contributed by atoms with Gasteiger partial charge in [0.05, 0.1) is 0 Å². The summed E-state index contributed by atoms with van der Waals surface area (Å²) in [5.41, 5.74) is 3.89. The van der Waals surface area contributed by atoms with E-state index in [1.807, 2.05) is 53.2 Å². The van der Waals surface area contributed by atoms with Crippen molar-refractivity contribution in [2.45, 2.75) is 39.7 Å². The molecule has 0 unspecified atom stereocenters. The monoisotopic (exact) mass is 389 g/mol. The van der Waals surface area contributed by atoms with E-state index in [4.69, 9.17) is 5.11 Å². The molecule has 0 amide bonds. The lowest BCUT2D eigenvalue weighted by Gasteiger charge is -2.04. The van der Waals surface area contributed by atoms with Crippen molar-refractivity contribution in [1.29, 1.82) is 0 Å². The van der Waals surface area contributed by atoms with Crippen LogP contribution in [0.3, 0.4) is 0 Å². The molecule has 0 saturated carbocycles. The number of aryl methyl sites for hydroxylation is 1. The number of hydrogen-bond acceptors (Lipinski definition) is 2. The van der Waals surface area contributed by atoms with Gasteiger partial charge in [0, 0.05) is 35.6 Å². The Balaban J connectivity index is 1.78. The number of carboxylic acid groups (broad SMARTS) is 1. The highest BCUT2D eigenvalue weighted by atomic mass is 16.4. The molecule has 0 saturated heterocycles. The van der Waals surface area contributed by atoms with Crippen LogP contribution < -0.4 is 0 Å². The van der Waals surface area contributed by atoms with Crippen LogP contribution in [0.4, 0.5) is 0 Å². The van der Waals surface area contributed by atoms with Crippen molar-refractivity contribution in [3.63, 3.8) is 0 Å². The zero-order chi connectivity index (χ0) is 20.8. The van der Waals surface area contributed by atoms with Crippen LogP contribution in [0.1, 0.15) is 48.2 Å². The number of aliphatic carboxylic acids is 1. The maximum atomic E-state index is 12.8. The fraction of sp³-hybridized carbons (Fsp3) is 0.280. The second kappa shape index (κ2) is 9.37. The lowest BCUT2D eigenvalue weighted by atomic mass is 10.0. The maximum Gasteiger partial charge on any atom is 0.303 e. The maximum absolute atomic E-state index is 12.8. The van der Waals surface area contributed by atoms with Gasteiger partial charge in [0.2, 0.25) is 0 Å². The first-order chi connectivity index (χ1) is 13.9. The number of benzene rings is 2. The third-order valence-corrected chi connectivity index (χ3v) is 4.89. The van der Waals surface area contributed by atoms with E-state index in [0.29, 0.717) is 24.4 Å². The Kier molecular flexibility index (Phi) is 6.65. The van der Waals surface area contributed by atoms with Crippen LogP contribution in [0.25, 0.3) is 17.0 Å². The lowest BCUT2D eigenvalue weighted by Crippen LogP contribution is -2.01. The average molecular weight is 389 g/mol. The number of rotatable bonds is 9. The van der Waals surface area contributed by atoms with Crippen molar-refractivity contribution >= 4 is 28.7 Å². The number of para-hydroxylation sites is 1. The Morgan fingerprint density at radius 1 is 1.07 bits per heavy atom. The smallest absolute Gasteiger partial charge is 0.303 e. The van der Waals surface area contributed by atoms with Crippen molar-refractivity contribution < 1.29 is 14.7 Å². The van der Waals surface area contributed by atoms with E-state index < -0.39 is 5.97 Å². The number of carbonyl (C=O) groups excluding carboxylic acids is 1. The molecular formula is C25H27NO3. The van der Waals surface area contributed by atoms with E-state index in [1.165, 1.54) is 5.56 Å². The van der Waals surface area contributed by atoms with Gasteiger partial charge < -0.3 is 9.67 Å². The van der Waals surface area contributed by atoms with Crippen molar-refractivity contribution in [2.75, 3.05) is 0 Å². The Hall–Kier alpha value is -3.14. The molecule has 0 fully saturated rings. The van der Waals surface area contributed by atoms with Gasteiger partial charge in [-0.3, -0.25) is 9.59 Å². The Labute approximate surface area is 171 Å². The van der Waals surface area contributed by atoms with E-state index >= 15 is 0 Å². The highest BCUT2D eigenvalue weighted by Gasteiger charge is 2.13. The van der Waals surface area contributed by atoms with E-state index in [2.05, 4.69) is 26.0 Å². The van der Waals surface area contributed by atoms with E-state index in [1.54, 1.807) is 6.08 Å². The van der Waals surface area contributed by atoms with Crippen molar-refractivity contribution in [3.05, 3.63) is 77.5 Å². The molecule has 3 aromatic rings. The van der Waals surface area contributed by atoms with Gasteiger partial charge in [-0.1, -0.05) is 62.4 Å². The minimum absolute atomic E-state index is 0.0514. The molecule has 0 bridgehead atoms. The zero-order valence-electron chi connectivity index (χ0n) is 17.0. The molecule has 1 N–H and O–H groups in total. The van der Waals surface area contributed by atoms with Crippen LogP contribution >= 0.6 is 0 Å². The third kappa shape index (κ3) is 5.44. The normalized spacial score (nSPS) is 11.6. The molecule has 0 aliphatic carbocycles. The first-order valence-electron chi connectivity index (χ1n) is 10.0. The number of allylic oxidation sites excluding steroid dienone is 1. The van der Waals surface area contributed by atoms with Gasteiger partial charge in [0.1, 0.15) is 0 Å². The third-order valence-electron chi connectivity index (χ3n) is 4.89. The molecule has 2 aromatic carbocycles. The molecule has 150 valence electrons. The van der Waals surface area contributed by atoms with Gasteiger partial charge in [0.15, 0.2) is 5.78 Å². The predicted molar refractivity (Wildman–Crippen MR) is 117 cm³/mol. The molecule has 0 aliphatic rings. The second-order valence-corrected chi connectivity index (χ2v) is 7.79. The van der Waals surface area contributed by atoms with Crippen molar-refractivity contribution in [1.82, 2.24) is 4.57 Å². The molecule has 1 aromatic heterocycles. The molecule has 29 heavy (non-hydrogen) atoms. The first-order valence-corrected chi connectivity index (χ1v) is 10.0.